The lowest BCUT2D eigenvalue weighted by atomic mass is 10.0. The monoisotopic (exact) mass is 505 g/mol. The Labute approximate surface area is 187 Å². The van der Waals surface area contributed by atoms with Crippen molar-refractivity contribution in [2.75, 3.05) is 53.7 Å². The first-order valence-corrected chi connectivity index (χ1v) is 10.0. The number of rotatable bonds is 10. The predicted molar refractivity (Wildman–Crippen MR) is 125 cm³/mol. The highest BCUT2D eigenvalue weighted by Crippen LogP contribution is 2.15. The van der Waals surface area contributed by atoms with Crippen molar-refractivity contribution in [2.45, 2.75) is 32.7 Å². The van der Waals surface area contributed by atoms with Crippen molar-refractivity contribution in [1.82, 2.24) is 10.2 Å². The molecule has 0 unspecified atom stereocenters. The highest BCUT2D eigenvalue weighted by molar-refractivity contribution is 14.0. The summed E-state index contributed by atoms with van der Waals surface area (Å²) in [6.45, 7) is 7.74. The molecule has 2 rings (SSSR count). The molecule has 0 radical (unpaired) electrons. The predicted octanol–water partition coefficient (Wildman–Crippen LogP) is 3.54. The van der Waals surface area contributed by atoms with Crippen LogP contribution in [0.15, 0.2) is 29.3 Å². The molecule has 1 N–H and O–H groups in total. The molecule has 1 fully saturated rings. The van der Waals surface area contributed by atoms with Gasteiger partial charge in [-0.2, -0.15) is 0 Å². The first kappa shape index (κ1) is 25.0. The lowest BCUT2D eigenvalue weighted by Crippen LogP contribution is -2.39. The van der Waals surface area contributed by atoms with Gasteiger partial charge in [0.2, 0.25) is 0 Å². The molecule has 0 bridgehead atoms. The largest absolute Gasteiger partial charge is 0.494 e. The zero-order valence-corrected chi connectivity index (χ0v) is 19.8. The van der Waals surface area contributed by atoms with E-state index in [9.17, 15) is 0 Å². The van der Waals surface area contributed by atoms with E-state index >= 15 is 0 Å². The third-order valence-electron chi connectivity index (χ3n) is 4.67. The van der Waals surface area contributed by atoms with Gasteiger partial charge in [-0.05, 0) is 49.8 Å². The summed E-state index contributed by atoms with van der Waals surface area (Å²) >= 11 is 0. The molecule has 1 aliphatic heterocycles. The topological polar surface area (TPSA) is 55.3 Å². The number of ether oxygens (including phenoxy) is 3. The number of guanidine groups is 1. The minimum absolute atomic E-state index is 0. The van der Waals surface area contributed by atoms with E-state index in [0.717, 1.165) is 70.5 Å². The molecule has 6 nitrogen and oxygen atoms in total. The fourth-order valence-electron chi connectivity index (χ4n) is 3.13. The Kier molecular flexibility index (Phi) is 13.3. The summed E-state index contributed by atoms with van der Waals surface area (Å²) in [5, 5.41) is 3.41. The van der Waals surface area contributed by atoms with Gasteiger partial charge < -0.3 is 24.4 Å². The SMILES string of the molecule is CCOc1ccc(CN(C)C(=NC)NCCCOCC2CCOCC2)cc1.I. The second kappa shape index (κ2) is 14.9. The number of hydrogen-bond acceptors (Lipinski definition) is 4. The van der Waals surface area contributed by atoms with Gasteiger partial charge >= 0.3 is 0 Å². The maximum absolute atomic E-state index is 5.81. The number of halogens is 1. The zero-order valence-electron chi connectivity index (χ0n) is 17.5. The highest BCUT2D eigenvalue weighted by Gasteiger charge is 2.13. The number of hydrogen-bond donors (Lipinski definition) is 1. The first-order valence-electron chi connectivity index (χ1n) is 10.0. The molecule has 160 valence electrons. The van der Waals surface area contributed by atoms with E-state index in [1.807, 2.05) is 33.2 Å². The Bertz CT molecular complexity index is 548. The molecule has 0 aromatic heterocycles. The van der Waals surface area contributed by atoms with Gasteiger partial charge in [0, 0.05) is 53.6 Å². The molecule has 28 heavy (non-hydrogen) atoms. The van der Waals surface area contributed by atoms with Crippen LogP contribution >= 0.6 is 24.0 Å². The fraction of sp³-hybridized carbons (Fsp3) is 0.667. The summed E-state index contributed by atoms with van der Waals surface area (Å²) in [6.07, 6.45) is 3.22. The van der Waals surface area contributed by atoms with Gasteiger partial charge in [0.05, 0.1) is 6.61 Å². The van der Waals surface area contributed by atoms with E-state index in [-0.39, 0.29) is 24.0 Å². The average Bonchev–Trinajstić information content (AvgIpc) is 2.70. The minimum atomic E-state index is 0. The first-order chi connectivity index (χ1) is 13.2. The van der Waals surface area contributed by atoms with Crippen LogP contribution in [-0.4, -0.2) is 64.5 Å². The number of nitrogens with one attached hydrogen (secondary N) is 1. The Morgan fingerprint density at radius 2 is 1.96 bits per heavy atom. The van der Waals surface area contributed by atoms with Crippen LogP contribution in [0.2, 0.25) is 0 Å². The lowest BCUT2D eigenvalue weighted by molar-refractivity contribution is 0.0203. The minimum Gasteiger partial charge on any atom is -0.494 e. The van der Waals surface area contributed by atoms with Gasteiger partial charge in [0.15, 0.2) is 5.96 Å². The van der Waals surface area contributed by atoms with E-state index < -0.39 is 0 Å². The Morgan fingerprint density at radius 1 is 1.25 bits per heavy atom. The lowest BCUT2D eigenvalue weighted by Gasteiger charge is -2.23. The Balaban J connectivity index is 0.00000392. The van der Waals surface area contributed by atoms with Crippen LogP contribution in [-0.2, 0) is 16.0 Å². The number of nitrogens with zero attached hydrogens (tertiary/aromatic N) is 2. The van der Waals surface area contributed by atoms with Gasteiger partial charge in [0.25, 0.3) is 0 Å². The fourth-order valence-corrected chi connectivity index (χ4v) is 3.13. The molecule has 0 saturated carbocycles. The van der Waals surface area contributed by atoms with Crippen molar-refractivity contribution >= 4 is 29.9 Å². The number of aliphatic imine (C=N–C) groups is 1. The van der Waals surface area contributed by atoms with Crippen LogP contribution in [0.3, 0.4) is 0 Å². The summed E-state index contributed by atoms with van der Waals surface area (Å²) in [6, 6.07) is 8.22. The quantitative estimate of drug-likeness (QED) is 0.228. The van der Waals surface area contributed by atoms with Crippen LogP contribution in [0.5, 0.6) is 5.75 Å². The third-order valence-corrected chi connectivity index (χ3v) is 4.67. The van der Waals surface area contributed by atoms with Crippen LogP contribution in [0.25, 0.3) is 0 Å². The van der Waals surface area contributed by atoms with Crippen molar-refractivity contribution in [3.8, 4) is 5.75 Å². The molecule has 0 aliphatic carbocycles. The Hall–Kier alpha value is -1.06. The second-order valence-electron chi connectivity index (χ2n) is 6.89. The van der Waals surface area contributed by atoms with E-state index in [2.05, 4.69) is 27.3 Å². The van der Waals surface area contributed by atoms with Gasteiger partial charge in [-0.3, -0.25) is 4.99 Å². The summed E-state index contributed by atoms with van der Waals surface area (Å²) in [4.78, 5) is 6.50. The van der Waals surface area contributed by atoms with Crippen molar-refractivity contribution in [3.63, 3.8) is 0 Å². The molecule has 0 atom stereocenters. The summed E-state index contributed by atoms with van der Waals surface area (Å²) < 4.78 is 16.7. The second-order valence-corrected chi connectivity index (χ2v) is 6.89. The van der Waals surface area contributed by atoms with E-state index in [0.29, 0.717) is 12.5 Å². The third kappa shape index (κ3) is 9.43. The standard InChI is InChI=1S/C21H35N3O3.HI/c1-4-27-20-8-6-18(7-9-20)16-24(3)21(22-2)23-12-5-13-26-17-19-10-14-25-15-11-19;/h6-9,19H,4-5,10-17H2,1-3H3,(H,22,23);1H. The molecule has 1 aromatic rings. The van der Waals surface area contributed by atoms with Gasteiger partial charge in [0.1, 0.15) is 5.75 Å². The summed E-state index contributed by atoms with van der Waals surface area (Å²) in [7, 11) is 3.87. The van der Waals surface area contributed by atoms with Gasteiger partial charge in [-0.25, -0.2) is 0 Å². The van der Waals surface area contributed by atoms with E-state index in [4.69, 9.17) is 14.2 Å². The zero-order chi connectivity index (χ0) is 19.3. The molecule has 0 spiro atoms. The molecule has 0 amide bonds. The summed E-state index contributed by atoms with van der Waals surface area (Å²) in [5.41, 5.74) is 1.23. The summed E-state index contributed by atoms with van der Waals surface area (Å²) in [5.74, 6) is 2.47. The van der Waals surface area contributed by atoms with Crippen molar-refractivity contribution in [1.29, 1.82) is 0 Å². The van der Waals surface area contributed by atoms with Crippen molar-refractivity contribution in [2.24, 2.45) is 10.9 Å². The van der Waals surface area contributed by atoms with E-state index in [1.54, 1.807) is 0 Å². The van der Waals surface area contributed by atoms with Gasteiger partial charge in [-0.1, -0.05) is 12.1 Å². The average molecular weight is 505 g/mol. The van der Waals surface area contributed by atoms with Crippen LogP contribution in [0.4, 0.5) is 0 Å². The Morgan fingerprint density at radius 3 is 2.61 bits per heavy atom. The molecule has 1 aromatic carbocycles. The molecule has 1 saturated heterocycles. The smallest absolute Gasteiger partial charge is 0.193 e. The molecule has 1 heterocycles. The molecular formula is C21H36IN3O3. The van der Waals surface area contributed by atoms with Crippen LogP contribution < -0.4 is 10.1 Å². The van der Waals surface area contributed by atoms with E-state index in [1.165, 1.54) is 5.56 Å². The van der Waals surface area contributed by atoms with Crippen LogP contribution in [0, 0.1) is 5.92 Å². The maximum Gasteiger partial charge on any atom is 0.193 e. The van der Waals surface area contributed by atoms with Crippen molar-refractivity contribution in [3.05, 3.63) is 29.8 Å². The molecular weight excluding hydrogens is 469 g/mol. The van der Waals surface area contributed by atoms with Crippen LogP contribution in [0.1, 0.15) is 31.7 Å². The highest BCUT2D eigenvalue weighted by atomic mass is 127. The molecule has 1 aliphatic rings. The van der Waals surface area contributed by atoms with Crippen molar-refractivity contribution < 1.29 is 14.2 Å². The molecule has 7 heteroatoms. The van der Waals surface area contributed by atoms with Gasteiger partial charge in [-0.15, -0.1) is 24.0 Å². The number of benzene rings is 1. The normalized spacial score (nSPS) is 15.0. The maximum atomic E-state index is 5.81.